The molecule has 168 valence electrons. The normalized spacial score (nSPS) is 25.6. The Balaban J connectivity index is 1.31. The maximum absolute atomic E-state index is 14.9. The lowest BCUT2D eigenvalue weighted by molar-refractivity contribution is -0.119. The van der Waals surface area contributed by atoms with E-state index in [-0.39, 0.29) is 24.8 Å². The zero-order valence-corrected chi connectivity index (χ0v) is 18.4. The Labute approximate surface area is 185 Å². The number of anilines is 2. The lowest BCUT2D eigenvalue weighted by Gasteiger charge is -2.22. The number of amides is 2. The van der Waals surface area contributed by atoms with Crippen LogP contribution >= 0.6 is 11.8 Å². The van der Waals surface area contributed by atoms with E-state index < -0.39 is 12.2 Å². The van der Waals surface area contributed by atoms with Crippen LogP contribution in [0.3, 0.4) is 0 Å². The highest BCUT2D eigenvalue weighted by Gasteiger charge is 2.51. The summed E-state index contributed by atoms with van der Waals surface area (Å²) in [5.74, 6) is 1.25. The molecule has 2 aliphatic heterocycles. The van der Waals surface area contributed by atoms with Gasteiger partial charge in [-0.25, -0.2) is 9.18 Å². The third-order valence-electron chi connectivity index (χ3n) is 5.80. The maximum atomic E-state index is 14.9. The summed E-state index contributed by atoms with van der Waals surface area (Å²) < 4.78 is 20.1. The summed E-state index contributed by atoms with van der Waals surface area (Å²) in [5, 5.41) is 2.63. The van der Waals surface area contributed by atoms with Gasteiger partial charge in [-0.2, -0.15) is 11.8 Å². The number of fused-ring (bicyclic) bond motifs is 1. The van der Waals surface area contributed by atoms with Crippen molar-refractivity contribution in [3.8, 4) is 0 Å². The zero-order valence-electron chi connectivity index (χ0n) is 17.6. The van der Waals surface area contributed by atoms with Crippen molar-refractivity contribution in [2.24, 2.45) is 11.8 Å². The number of nitrogens with one attached hydrogen (secondary N) is 2. The number of hydrogen-bond acceptors (Lipinski definition) is 7. The third kappa shape index (κ3) is 4.90. The van der Waals surface area contributed by atoms with Crippen LogP contribution in [0.2, 0.25) is 0 Å². The van der Waals surface area contributed by atoms with Crippen LogP contribution < -0.4 is 20.6 Å². The molecule has 0 unspecified atom stereocenters. The minimum absolute atomic E-state index is 0.189. The number of benzene rings is 1. The molecule has 1 aliphatic carbocycles. The van der Waals surface area contributed by atoms with Crippen LogP contribution in [-0.4, -0.2) is 62.9 Å². The minimum atomic E-state index is -0.535. The number of halogens is 1. The zero-order chi connectivity index (χ0) is 22.0. The molecular weight excluding hydrogens is 423 g/mol. The van der Waals surface area contributed by atoms with Gasteiger partial charge in [0.15, 0.2) is 0 Å². The van der Waals surface area contributed by atoms with E-state index >= 15 is 0 Å². The molecule has 0 spiro atoms. The fourth-order valence-corrected chi connectivity index (χ4v) is 4.39. The van der Waals surface area contributed by atoms with Crippen LogP contribution in [0, 0.1) is 17.7 Å². The lowest BCUT2D eigenvalue weighted by atomic mass is 10.2. The summed E-state index contributed by atoms with van der Waals surface area (Å²) in [6, 6.07) is 4.83. The van der Waals surface area contributed by atoms with Crippen molar-refractivity contribution in [2.45, 2.75) is 13.0 Å². The van der Waals surface area contributed by atoms with Gasteiger partial charge in [-0.3, -0.25) is 20.0 Å². The van der Waals surface area contributed by atoms with Gasteiger partial charge >= 0.3 is 6.09 Å². The van der Waals surface area contributed by atoms with Crippen LogP contribution in [-0.2, 0) is 14.4 Å². The molecule has 0 aromatic heterocycles. The van der Waals surface area contributed by atoms with Gasteiger partial charge in [0.1, 0.15) is 11.9 Å². The smallest absolute Gasteiger partial charge is 0.414 e. The van der Waals surface area contributed by atoms with Gasteiger partial charge in [-0.1, -0.05) is 0 Å². The molecule has 10 heteroatoms. The summed E-state index contributed by atoms with van der Waals surface area (Å²) in [7, 11) is 0. The molecule has 0 radical (unpaired) electrons. The molecule has 0 bridgehead atoms. The van der Waals surface area contributed by atoms with Gasteiger partial charge < -0.3 is 15.0 Å². The van der Waals surface area contributed by atoms with Crippen molar-refractivity contribution in [3.05, 3.63) is 35.8 Å². The molecule has 2 saturated heterocycles. The molecule has 3 aliphatic rings. The van der Waals surface area contributed by atoms with Crippen LogP contribution in [0.5, 0.6) is 0 Å². The highest BCUT2D eigenvalue weighted by atomic mass is 32.2. The average molecular weight is 451 g/mol. The molecule has 3 fully saturated rings. The van der Waals surface area contributed by atoms with Crippen molar-refractivity contribution >= 4 is 35.1 Å². The summed E-state index contributed by atoms with van der Waals surface area (Å²) in [6.07, 6.45) is 2.98. The van der Waals surface area contributed by atoms with Gasteiger partial charge in [0.2, 0.25) is 5.91 Å². The topological polar surface area (TPSA) is 83.1 Å². The molecule has 2 N–H and O–H groups in total. The second-order valence-corrected chi connectivity index (χ2v) is 8.90. The lowest BCUT2D eigenvalue weighted by Crippen LogP contribution is -2.33. The number of carbonyl (C=O) groups is 2. The van der Waals surface area contributed by atoms with E-state index in [0.717, 1.165) is 18.8 Å². The van der Waals surface area contributed by atoms with Crippen LogP contribution in [0.25, 0.3) is 0 Å². The quantitative estimate of drug-likeness (QED) is 0.441. The summed E-state index contributed by atoms with van der Waals surface area (Å²) in [4.78, 5) is 32.0. The van der Waals surface area contributed by atoms with Crippen molar-refractivity contribution in [2.75, 3.05) is 54.6 Å². The summed E-state index contributed by atoms with van der Waals surface area (Å²) >= 11 is 1.73. The van der Waals surface area contributed by atoms with Crippen molar-refractivity contribution < 1.29 is 23.6 Å². The number of nitrogens with zero attached hydrogens (tertiary/aromatic N) is 2. The molecule has 31 heavy (non-hydrogen) atoms. The monoisotopic (exact) mass is 450 g/mol. The van der Waals surface area contributed by atoms with E-state index in [1.54, 1.807) is 23.9 Å². The SMILES string of the molecule is CSCCONC=C1[C@H]2CN(c3ccc(N4C[C@H](CNC(C)=O)OC4=O)cc3F)C[C@@H]12. The van der Waals surface area contributed by atoms with E-state index in [1.807, 2.05) is 17.4 Å². The minimum Gasteiger partial charge on any atom is -0.442 e. The first-order chi connectivity index (χ1) is 15.0. The highest BCUT2D eigenvalue weighted by molar-refractivity contribution is 7.98. The first-order valence-corrected chi connectivity index (χ1v) is 11.7. The molecule has 2 amide bonds. The van der Waals surface area contributed by atoms with Crippen molar-refractivity contribution in [3.63, 3.8) is 0 Å². The number of hydroxylamine groups is 1. The van der Waals surface area contributed by atoms with E-state index in [1.165, 1.54) is 23.5 Å². The van der Waals surface area contributed by atoms with Crippen LogP contribution in [0.1, 0.15) is 6.92 Å². The Hall–Kier alpha value is -2.46. The van der Waals surface area contributed by atoms with Crippen molar-refractivity contribution in [1.82, 2.24) is 10.8 Å². The van der Waals surface area contributed by atoms with Gasteiger partial charge in [0, 0.05) is 43.8 Å². The van der Waals surface area contributed by atoms with Gasteiger partial charge in [0.05, 0.1) is 31.1 Å². The van der Waals surface area contributed by atoms with Crippen LogP contribution in [0.4, 0.5) is 20.6 Å². The van der Waals surface area contributed by atoms with Gasteiger partial charge in [-0.05, 0) is 30.0 Å². The van der Waals surface area contributed by atoms with E-state index in [4.69, 9.17) is 9.57 Å². The molecule has 2 heterocycles. The number of ether oxygens (including phenoxy) is 1. The summed E-state index contributed by atoms with van der Waals surface area (Å²) in [6.45, 7) is 4.10. The molecule has 1 aromatic carbocycles. The first-order valence-electron chi connectivity index (χ1n) is 10.3. The van der Waals surface area contributed by atoms with Gasteiger partial charge in [-0.15, -0.1) is 0 Å². The number of thioether (sulfide) groups is 1. The van der Waals surface area contributed by atoms with E-state index in [2.05, 4.69) is 10.8 Å². The maximum Gasteiger partial charge on any atom is 0.414 e. The second kappa shape index (κ2) is 9.35. The van der Waals surface area contributed by atoms with E-state index in [0.29, 0.717) is 29.8 Å². The number of cyclic esters (lactones) is 1. The Morgan fingerprint density at radius 3 is 2.81 bits per heavy atom. The predicted octanol–water partition coefficient (Wildman–Crippen LogP) is 2.12. The number of piperidine rings is 1. The van der Waals surface area contributed by atoms with Gasteiger partial charge in [0.25, 0.3) is 0 Å². The second-order valence-electron chi connectivity index (χ2n) is 7.91. The van der Waals surface area contributed by atoms with E-state index in [9.17, 15) is 14.0 Å². The third-order valence-corrected chi connectivity index (χ3v) is 6.38. The Kier molecular flexibility index (Phi) is 6.57. The van der Waals surface area contributed by atoms with Crippen molar-refractivity contribution in [1.29, 1.82) is 0 Å². The molecule has 1 aromatic rings. The average Bonchev–Trinajstić information content (AvgIpc) is 3.05. The molecular formula is C21H27FN4O4S. The fourth-order valence-electron chi connectivity index (χ4n) is 4.14. The number of carbonyl (C=O) groups excluding carboxylic acids is 2. The number of hydrogen-bond donors (Lipinski definition) is 2. The first kappa shape index (κ1) is 21.8. The highest BCUT2D eigenvalue weighted by Crippen LogP contribution is 2.52. The molecule has 8 nitrogen and oxygen atoms in total. The number of rotatable bonds is 9. The Bertz CT molecular complexity index is 869. The standard InChI is InChI=1S/C21H27FN4O4S/c1-13(27)23-8-15-10-26(21(28)30-15)14-3-4-20(19(22)7-14)25-11-17-16(18(17)12-25)9-24-29-5-6-31-2/h3-4,7,9,15,17-18,24H,5-6,8,10-12H2,1-2H3,(H,23,27)/t15-,17-,18+/m0/s1. The Morgan fingerprint density at radius 1 is 1.35 bits per heavy atom. The molecule has 4 rings (SSSR count). The summed E-state index contributed by atoms with van der Waals surface area (Å²) in [5.41, 5.74) is 5.21. The molecule has 1 saturated carbocycles. The largest absolute Gasteiger partial charge is 0.442 e. The Morgan fingerprint density at radius 2 is 2.13 bits per heavy atom. The fraction of sp³-hybridized carbons (Fsp3) is 0.524. The van der Waals surface area contributed by atoms with Crippen LogP contribution in [0.15, 0.2) is 30.0 Å². The molecule has 3 atom stereocenters. The predicted molar refractivity (Wildman–Crippen MR) is 117 cm³/mol.